The normalized spacial score (nSPS) is 31.9. The van der Waals surface area contributed by atoms with Crippen molar-refractivity contribution in [2.45, 2.75) is 59.9 Å². The Balaban J connectivity index is 2.66. The van der Waals surface area contributed by atoms with Crippen LogP contribution in [0.2, 0.25) is 0 Å². The van der Waals surface area contributed by atoms with Crippen molar-refractivity contribution in [3.8, 4) is 0 Å². The molecule has 1 aliphatic heterocycles. The van der Waals surface area contributed by atoms with Gasteiger partial charge in [0, 0.05) is 34.1 Å². The molecular weight excluding hydrogens is 352 g/mol. The zero-order valence-electron chi connectivity index (χ0n) is 16.2. The van der Waals surface area contributed by atoms with Gasteiger partial charge in [0.05, 0.1) is 6.26 Å². The van der Waals surface area contributed by atoms with E-state index in [0.717, 1.165) is 6.26 Å². The van der Waals surface area contributed by atoms with E-state index >= 15 is 0 Å². The topological polar surface area (TPSA) is 110 Å². The summed E-state index contributed by atoms with van der Waals surface area (Å²) in [6.07, 6.45) is 0.352. The second-order valence-electron chi connectivity index (χ2n) is 7.28. The van der Waals surface area contributed by atoms with Crippen molar-refractivity contribution in [3.63, 3.8) is 0 Å². The van der Waals surface area contributed by atoms with Crippen LogP contribution < -0.4 is 0 Å². The lowest BCUT2D eigenvalue weighted by molar-refractivity contribution is -0.158. The van der Waals surface area contributed by atoms with Crippen LogP contribution in [0.4, 0.5) is 0 Å². The van der Waals surface area contributed by atoms with Gasteiger partial charge in [0.25, 0.3) is 0 Å². The van der Waals surface area contributed by atoms with Crippen molar-refractivity contribution in [2.24, 2.45) is 11.3 Å². The molecule has 4 unspecified atom stereocenters. The number of cyclic esters (lactones) is 1. The Bertz CT molecular complexity index is 758. The Kier molecular flexibility index (Phi) is 5.94. The molecule has 0 radical (unpaired) electrons. The van der Waals surface area contributed by atoms with Gasteiger partial charge < -0.3 is 19.7 Å². The number of allylic oxidation sites excluding steroid dienone is 1. The van der Waals surface area contributed by atoms with Gasteiger partial charge in [-0.25, -0.2) is 9.59 Å². The molecule has 0 bridgehead atoms. The molecule has 1 saturated carbocycles. The van der Waals surface area contributed by atoms with Crippen LogP contribution in [0.25, 0.3) is 0 Å². The highest BCUT2D eigenvalue weighted by Gasteiger charge is 2.54. The number of ketones is 1. The Hall–Kier alpha value is -2.41. The number of carbonyl (C=O) groups is 3. The highest BCUT2D eigenvalue weighted by molar-refractivity contribution is 5.98. The van der Waals surface area contributed by atoms with Crippen LogP contribution in [0.3, 0.4) is 0 Å². The lowest BCUT2D eigenvalue weighted by Gasteiger charge is -2.46. The Morgan fingerprint density at radius 2 is 2.04 bits per heavy atom. The number of esters is 2. The van der Waals surface area contributed by atoms with Gasteiger partial charge in [0.2, 0.25) is 6.29 Å². The minimum atomic E-state index is -1.58. The van der Waals surface area contributed by atoms with Crippen LogP contribution in [-0.4, -0.2) is 40.3 Å². The minimum Gasteiger partial charge on any atom is -0.515 e. The summed E-state index contributed by atoms with van der Waals surface area (Å²) in [7, 11) is 0. The smallest absolute Gasteiger partial charge is 0.336 e. The van der Waals surface area contributed by atoms with E-state index < -0.39 is 29.7 Å². The predicted octanol–water partition coefficient (Wildman–Crippen LogP) is 2.50. The van der Waals surface area contributed by atoms with E-state index in [1.165, 1.54) is 6.92 Å². The lowest BCUT2D eigenvalue weighted by Crippen LogP contribution is -2.49. The Morgan fingerprint density at radius 3 is 2.52 bits per heavy atom. The van der Waals surface area contributed by atoms with E-state index in [1.807, 2.05) is 6.92 Å². The zero-order chi connectivity index (χ0) is 20.5. The predicted molar refractivity (Wildman–Crippen MR) is 96.3 cm³/mol. The second-order valence-corrected chi connectivity index (χ2v) is 7.28. The summed E-state index contributed by atoms with van der Waals surface area (Å²) >= 11 is 0. The van der Waals surface area contributed by atoms with E-state index in [4.69, 9.17) is 9.47 Å². The van der Waals surface area contributed by atoms with Crippen LogP contribution in [0, 0.1) is 11.3 Å². The van der Waals surface area contributed by atoms with Crippen molar-refractivity contribution < 1.29 is 34.1 Å². The average molecular weight is 378 g/mol. The summed E-state index contributed by atoms with van der Waals surface area (Å²) in [5, 5.41) is 20.1. The fraction of sp³-hybridized carbons (Fsp3) is 0.550. The average Bonchev–Trinajstić information content (AvgIpc) is 2.88. The fourth-order valence-electron chi connectivity index (χ4n) is 3.67. The van der Waals surface area contributed by atoms with E-state index in [1.54, 1.807) is 26.8 Å². The molecule has 0 spiro atoms. The highest BCUT2D eigenvalue weighted by Crippen LogP contribution is 2.50. The fourth-order valence-corrected chi connectivity index (χ4v) is 3.67. The van der Waals surface area contributed by atoms with Crippen LogP contribution in [0.15, 0.2) is 34.6 Å². The van der Waals surface area contributed by atoms with Gasteiger partial charge in [-0.3, -0.25) is 4.79 Å². The third-order valence-corrected chi connectivity index (χ3v) is 5.87. The molecule has 0 aromatic carbocycles. The number of aliphatic hydroxyl groups excluding tert-OH is 2. The number of rotatable bonds is 4. The van der Waals surface area contributed by atoms with Crippen LogP contribution in [0.1, 0.15) is 47.5 Å². The molecule has 7 nitrogen and oxygen atoms in total. The van der Waals surface area contributed by atoms with Crippen LogP contribution in [0.5, 0.6) is 0 Å². The minimum absolute atomic E-state index is 0.0978. The van der Waals surface area contributed by atoms with Gasteiger partial charge >= 0.3 is 11.9 Å². The molecule has 1 heterocycles. The molecule has 2 N–H and O–H groups in total. The summed E-state index contributed by atoms with van der Waals surface area (Å²) in [5.41, 5.74) is -0.475. The summed E-state index contributed by atoms with van der Waals surface area (Å²) in [6, 6.07) is 0. The SMILES string of the molecule is CC=C(C)C(=O)OC(C1=C(C)C(=O)OC1O)C1(C)C(=CO)C(=O)CCC1C. The first kappa shape index (κ1) is 20.9. The quantitative estimate of drug-likeness (QED) is 0.439. The summed E-state index contributed by atoms with van der Waals surface area (Å²) in [4.78, 5) is 36.9. The van der Waals surface area contributed by atoms with Crippen molar-refractivity contribution in [3.05, 3.63) is 34.6 Å². The van der Waals surface area contributed by atoms with Gasteiger partial charge in [-0.2, -0.15) is 0 Å². The van der Waals surface area contributed by atoms with E-state index in [0.29, 0.717) is 12.0 Å². The molecular formula is C20H26O7. The molecule has 2 rings (SSSR count). The van der Waals surface area contributed by atoms with Crippen LogP contribution in [-0.2, 0) is 23.9 Å². The second kappa shape index (κ2) is 7.68. The van der Waals surface area contributed by atoms with Gasteiger partial charge in [-0.1, -0.05) is 19.9 Å². The van der Waals surface area contributed by atoms with Gasteiger partial charge in [0.15, 0.2) is 5.78 Å². The molecule has 0 amide bonds. The molecule has 0 aromatic rings. The maximum atomic E-state index is 12.5. The standard InChI is InChI=1S/C20H26O7/c1-6-10(2)17(23)26-16(15-12(4)18(24)27-19(15)25)20(5)11(3)7-8-14(22)13(20)9-21/h6,9,11,16,19,21,25H,7-8H2,1-5H3. The molecule has 1 aliphatic carbocycles. The molecule has 0 aromatic heterocycles. The Labute approximate surface area is 158 Å². The maximum absolute atomic E-state index is 12.5. The third-order valence-electron chi connectivity index (χ3n) is 5.87. The van der Waals surface area contributed by atoms with Gasteiger partial charge in [0.1, 0.15) is 6.10 Å². The first-order chi connectivity index (χ1) is 12.6. The highest BCUT2D eigenvalue weighted by atomic mass is 16.6. The number of aliphatic hydroxyl groups is 2. The third kappa shape index (κ3) is 3.43. The van der Waals surface area contributed by atoms with Gasteiger partial charge in [-0.05, 0) is 33.1 Å². The molecule has 7 heteroatoms. The number of carbonyl (C=O) groups excluding carboxylic acids is 3. The number of hydrogen-bond donors (Lipinski definition) is 2. The summed E-state index contributed by atoms with van der Waals surface area (Å²) in [6.45, 7) is 8.29. The van der Waals surface area contributed by atoms with E-state index in [9.17, 15) is 24.6 Å². The number of hydrogen-bond acceptors (Lipinski definition) is 7. The molecule has 27 heavy (non-hydrogen) atoms. The Morgan fingerprint density at radius 1 is 1.41 bits per heavy atom. The largest absolute Gasteiger partial charge is 0.515 e. The molecule has 1 fully saturated rings. The van der Waals surface area contributed by atoms with Crippen molar-refractivity contribution in [2.75, 3.05) is 0 Å². The monoisotopic (exact) mass is 378 g/mol. The van der Waals surface area contributed by atoms with Crippen LogP contribution >= 0.6 is 0 Å². The van der Waals surface area contributed by atoms with E-state index in [2.05, 4.69) is 0 Å². The maximum Gasteiger partial charge on any atom is 0.336 e. The van der Waals surface area contributed by atoms with Crippen molar-refractivity contribution >= 4 is 17.7 Å². The summed E-state index contributed by atoms with van der Waals surface area (Å²) < 4.78 is 10.6. The number of Topliss-reactive ketones (excluding diaryl/α,β-unsaturated/α-hetero) is 1. The molecule has 0 saturated heterocycles. The zero-order valence-corrected chi connectivity index (χ0v) is 16.2. The first-order valence-electron chi connectivity index (χ1n) is 8.91. The van der Waals surface area contributed by atoms with Gasteiger partial charge in [-0.15, -0.1) is 0 Å². The number of ether oxygens (including phenoxy) is 2. The van der Waals surface area contributed by atoms with Crippen molar-refractivity contribution in [1.82, 2.24) is 0 Å². The summed E-state index contributed by atoms with van der Waals surface area (Å²) in [5.74, 6) is -1.80. The first-order valence-corrected chi connectivity index (χ1v) is 8.91. The molecule has 2 aliphatic rings. The molecule has 4 atom stereocenters. The molecule has 148 valence electrons. The lowest BCUT2D eigenvalue weighted by atomic mass is 9.60. The van der Waals surface area contributed by atoms with Crippen molar-refractivity contribution in [1.29, 1.82) is 0 Å². The van der Waals surface area contributed by atoms with E-state index in [-0.39, 0.29) is 34.8 Å².